The molecule has 3 rings (SSSR count). The first-order valence-corrected chi connectivity index (χ1v) is 11.4. The van der Waals surface area contributed by atoms with E-state index < -0.39 is 0 Å². The molecular weight excluding hydrogens is 352 g/mol. The van der Waals surface area contributed by atoms with Crippen LogP contribution in [0.4, 0.5) is 0 Å². The molecule has 0 amide bonds. The first-order valence-electron chi connectivity index (χ1n) is 11.4. The van der Waals surface area contributed by atoms with E-state index in [1.165, 1.54) is 0 Å². The lowest BCUT2D eigenvalue weighted by molar-refractivity contribution is -0.157. The third kappa shape index (κ3) is 4.02. The van der Waals surface area contributed by atoms with Gasteiger partial charge < -0.3 is 15.7 Å². The minimum atomic E-state index is -0.278. The maximum atomic E-state index is 13.4. The molecule has 0 saturated heterocycles. The number of carbonyl (C=O) groups is 1. The fourth-order valence-corrected chi connectivity index (χ4v) is 6.83. The molecule has 0 aliphatic heterocycles. The molecular formula is C23H40N2O3. The van der Waals surface area contributed by atoms with Gasteiger partial charge in [0.2, 0.25) is 0 Å². The van der Waals surface area contributed by atoms with Crippen LogP contribution in [0.5, 0.6) is 0 Å². The van der Waals surface area contributed by atoms with E-state index in [1.54, 1.807) is 6.21 Å². The Hall–Kier alpha value is -0.940. The summed E-state index contributed by atoms with van der Waals surface area (Å²) in [4.78, 5) is 18.5. The van der Waals surface area contributed by atoms with Crippen LogP contribution in [-0.2, 0) is 9.63 Å². The van der Waals surface area contributed by atoms with Gasteiger partial charge in [0.25, 0.3) is 0 Å². The van der Waals surface area contributed by atoms with Crippen molar-refractivity contribution in [2.24, 2.45) is 45.4 Å². The van der Waals surface area contributed by atoms with Crippen molar-refractivity contribution in [3.8, 4) is 0 Å². The monoisotopic (exact) mass is 392 g/mol. The van der Waals surface area contributed by atoms with E-state index in [-0.39, 0.29) is 28.8 Å². The molecule has 3 aliphatic carbocycles. The Morgan fingerprint density at radius 1 is 1.32 bits per heavy atom. The lowest BCUT2D eigenvalue weighted by Crippen LogP contribution is -2.56. The Labute approximate surface area is 170 Å². The van der Waals surface area contributed by atoms with Gasteiger partial charge in [-0.05, 0) is 74.5 Å². The van der Waals surface area contributed by atoms with Gasteiger partial charge in [0.1, 0.15) is 12.4 Å². The van der Waals surface area contributed by atoms with Gasteiger partial charge in [0.05, 0.1) is 6.10 Å². The molecule has 0 radical (unpaired) electrons. The molecule has 0 aromatic heterocycles. The zero-order chi connectivity index (χ0) is 20.4. The number of nitrogens with two attached hydrogens (primary N) is 1. The summed E-state index contributed by atoms with van der Waals surface area (Å²) in [6.07, 6.45) is 10.5. The lowest BCUT2D eigenvalue weighted by Gasteiger charge is -2.59. The lowest BCUT2D eigenvalue weighted by atomic mass is 9.45. The minimum absolute atomic E-state index is 0.111. The summed E-state index contributed by atoms with van der Waals surface area (Å²) in [6, 6.07) is 0. The second kappa shape index (κ2) is 8.83. The Kier molecular flexibility index (Phi) is 6.86. The van der Waals surface area contributed by atoms with Crippen molar-refractivity contribution in [3.63, 3.8) is 0 Å². The number of hydrogen-bond donors (Lipinski definition) is 2. The maximum absolute atomic E-state index is 13.4. The average molecular weight is 393 g/mol. The van der Waals surface area contributed by atoms with E-state index in [0.717, 1.165) is 57.8 Å². The quantitative estimate of drug-likeness (QED) is 0.391. The summed E-state index contributed by atoms with van der Waals surface area (Å²) in [7, 11) is 0. The molecule has 160 valence electrons. The second-order valence-electron chi connectivity index (χ2n) is 10.1. The predicted octanol–water partition coefficient (Wildman–Crippen LogP) is 3.93. The van der Waals surface area contributed by atoms with Crippen LogP contribution in [0.1, 0.15) is 78.6 Å². The van der Waals surface area contributed by atoms with E-state index in [9.17, 15) is 9.90 Å². The summed E-state index contributed by atoms with van der Waals surface area (Å²) in [6.45, 7) is 7.68. The molecule has 0 spiro atoms. The highest BCUT2D eigenvalue weighted by Gasteiger charge is 2.57. The standard InChI is InChI=1S/C23H40N2O3/c1-4-9-22(2)10-7-19-18(21(22)27)6-5-17-14-20(26)16(15-23(17,19)3)8-12-25-28-13-11-24/h12,16-20,26H,4-11,13-15,24H2,1-3H3/b25-12+/t16?,17?,18-,19+,20-,22+,23+/m1/s1. The largest absolute Gasteiger partial charge is 0.395 e. The van der Waals surface area contributed by atoms with Gasteiger partial charge in [-0.25, -0.2) is 0 Å². The molecule has 0 aromatic carbocycles. The minimum Gasteiger partial charge on any atom is -0.395 e. The Morgan fingerprint density at radius 2 is 2.11 bits per heavy atom. The third-order valence-electron chi connectivity index (χ3n) is 8.37. The number of fused-ring (bicyclic) bond motifs is 3. The van der Waals surface area contributed by atoms with Crippen LogP contribution in [0.3, 0.4) is 0 Å². The molecule has 3 saturated carbocycles. The van der Waals surface area contributed by atoms with Crippen molar-refractivity contribution in [2.75, 3.05) is 13.2 Å². The number of ketones is 1. The number of oxime groups is 1. The first kappa shape index (κ1) is 21.8. The highest BCUT2D eigenvalue weighted by atomic mass is 16.6. The maximum Gasteiger partial charge on any atom is 0.142 e. The van der Waals surface area contributed by atoms with E-state index >= 15 is 0 Å². The SMILES string of the molecule is CCC[C@@]1(C)CC[C@H]2[C@@H](CCC3C[C@@H](O)C(C/C=N/OCCN)C[C@@]32C)C1=O. The fraction of sp³-hybridized carbons (Fsp3) is 0.913. The summed E-state index contributed by atoms with van der Waals surface area (Å²) < 4.78 is 0. The van der Waals surface area contributed by atoms with Crippen molar-refractivity contribution in [1.82, 2.24) is 0 Å². The van der Waals surface area contributed by atoms with E-state index in [1.807, 2.05) is 0 Å². The smallest absolute Gasteiger partial charge is 0.142 e. The number of carbonyl (C=O) groups excluding carboxylic acids is 1. The molecule has 0 aromatic rings. The Balaban J connectivity index is 1.72. The number of aliphatic hydroxyl groups is 1. The molecule has 3 aliphatic rings. The number of hydrogen-bond acceptors (Lipinski definition) is 5. The Bertz CT molecular complexity index is 580. The van der Waals surface area contributed by atoms with Gasteiger partial charge in [-0.3, -0.25) is 4.79 Å². The van der Waals surface area contributed by atoms with Gasteiger partial charge >= 0.3 is 0 Å². The van der Waals surface area contributed by atoms with E-state index in [2.05, 4.69) is 25.9 Å². The molecule has 3 fully saturated rings. The summed E-state index contributed by atoms with van der Waals surface area (Å²) in [5.74, 6) is 1.97. The van der Waals surface area contributed by atoms with Crippen molar-refractivity contribution >= 4 is 12.0 Å². The van der Waals surface area contributed by atoms with Gasteiger partial charge in [0, 0.05) is 24.1 Å². The van der Waals surface area contributed by atoms with E-state index in [4.69, 9.17) is 10.6 Å². The second-order valence-corrected chi connectivity index (χ2v) is 10.1. The van der Waals surface area contributed by atoms with Gasteiger partial charge in [-0.2, -0.15) is 0 Å². The normalized spacial score (nSPS) is 43.6. The van der Waals surface area contributed by atoms with Crippen molar-refractivity contribution in [2.45, 2.75) is 84.7 Å². The molecule has 7 atom stereocenters. The van der Waals surface area contributed by atoms with E-state index in [0.29, 0.717) is 30.8 Å². The molecule has 0 heterocycles. The van der Waals surface area contributed by atoms with Crippen LogP contribution in [0.25, 0.3) is 0 Å². The van der Waals surface area contributed by atoms with Crippen LogP contribution >= 0.6 is 0 Å². The topological polar surface area (TPSA) is 84.9 Å². The zero-order valence-corrected chi connectivity index (χ0v) is 18.0. The van der Waals surface area contributed by atoms with Crippen molar-refractivity contribution in [3.05, 3.63) is 0 Å². The van der Waals surface area contributed by atoms with Gasteiger partial charge in [-0.15, -0.1) is 0 Å². The molecule has 5 nitrogen and oxygen atoms in total. The number of nitrogens with zero attached hydrogens (tertiary/aromatic N) is 1. The highest BCUT2D eigenvalue weighted by molar-refractivity contribution is 5.88. The Morgan fingerprint density at radius 3 is 2.82 bits per heavy atom. The van der Waals surface area contributed by atoms with Crippen molar-refractivity contribution in [1.29, 1.82) is 0 Å². The summed E-state index contributed by atoms with van der Waals surface area (Å²) in [5.41, 5.74) is 5.45. The van der Waals surface area contributed by atoms with Crippen LogP contribution in [0, 0.1) is 34.5 Å². The predicted molar refractivity (Wildman–Crippen MR) is 112 cm³/mol. The first-order chi connectivity index (χ1) is 13.4. The van der Waals surface area contributed by atoms with Crippen molar-refractivity contribution < 1.29 is 14.7 Å². The molecule has 2 unspecified atom stereocenters. The van der Waals surface area contributed by atoms with Crippen LogP contribution in [-0.4, -0.2) is 36.4 Å². The van der Waals surface area contributed by atoms with Gasteiger partial charge in [0.15, 0.2) is 0 Å². The van der Waals surface area contributed by atoms with Crippen LogP contribution in [0.2, 0.25) is 0 Å². The van der Waals surface area contributed by atoms with Crippen LogP contribution < -0.4 is 5.73 Å². The number of Topliss-reactive ketones (excluding diaryl/α,β-unsaturated/α-hetero) is 1. The van der Waals surface area contributed by atoms with Gasteiger partial charge in [-0.1, -0.05) is 32.3 Å². The molecule has 0 bridgehead atoms. The molecule has 28 heavy (non-hydrogen) atoms. The highest BCUT2D eigenvalue weighted by Crippen LogP contribution is 2.61. The number of rotatable bonds is 7. The molecule has 3 N–H and O–H groups in total. The third-order valence-corrected chi connectivity index (χ3v) is 8.37. The molecule has 5 heteroatoms. The number of aliphatic hydroxyl groups excluding tert-OH is 1. The zero-order valence-electron chi connectivity index (χ0n) is 18.0. The fourth-order valence-electron chi connectivity index (χ4n) is 6.83. The van der Waals surface area contributed by atoms with Crippen LogP contribution in [0.15, 0.2) is 5.16 Å². The summed E-state index contributed by atoms with van der Waals surface area (Å²) in [5, 5.41) is 14.7. The summed E-state index contributed by atoms with van der Waals surface area (Å²) >= 11 is 0. The average Bonchev–Trinajstić information content (AvgIpc) is 2.66.